The fourth-order valence-electron chi connectivity index (χ4n) is 1.71. The molecule has 0 heterocycles. The topological polar surface area (TPSA) is 57.6 Å². The van der Waals surface area contributed by atoms with Crippen LogP contribution in [0.2, 0.25) is 0 Å². The molecule has 0 aliphatic carbocycles. The van der Waals surface area contributed by atoms with Crippen LogP contribution in [-0.2, 0) is 9.59 Å². The first-order chi connectivity index (χ1) is 9.41. The molecule has 0 aliphatic heterocycles. The lowest BCUT2D eigenvalue weighted by atomic mass is 10.2. The number of amides is 1. The molecule has 1 aromatic carbocycles. The first-order valence-corrected chi connectivity index (χ1v) is 7.16. The van der Waals surface area contributed by atoms with Gasteiger partial charge >= 0.3 is 5.97 Å². The molecule has 0 saturated heterocycles. The lowest BCUT2D eigenvalue weighted by molar-refractivity contribution is -0.138. The first-order valence-electron chi connectivity index (χ1n) is 6.37. The van der Waals surface area contributed by atoms with Crippen molar-refractivity contribution >= 4 is 33.9 Å². The number of hydrogen-bond donors (Lipinski definition) is 1. The molecule has 0 aliphatic rings. The van der Waals surface area contributed by atoms with E-state index in [1.165, 1.54) is 6.08 Å². The molecule has 1 aromatic rings. The van der Waals surface area contributed by atoms with E-state index in [0.717, 1.165) is 10.0 Å². The van der Waals surface area contributed by atoms with Gasteiger partial charge in [-0.3, -0.25) is 9.59 Å². The Balaban J connectivity index is 2.76. The van der Waals surface area contributed by atoms with Crippen LogP contribution in [0.3, 0.4) is 0 Å². The second-order valence-corrected chi connectivity index (χ2v) is 5.48. The third-order valence-electron chi connectivity index (χ3n) is 2.78. The molecule has 0 atom stereocenters. The molecule has 4 nitrogen and oxygen atoms in total. The monoisotopic (exact) mass is 339 g/mol. The summed E-state index contributed by atoms with van der Waals surface area (Å²) in [6.07, 6.45) is 3.15. The molecule has 20 heavy (non-hydrogen) atoms. The zero-order chi connectivity index (χ0) is 15.1. The van der Waals surface area contributed by atoms with Crippen molar-refractivity contribution in [2.24, 2.45) is 0 Å². The van der Waals surface area contributed by atoms with E-state index in [0.29, 0.717) is 0 Å². The van der Waals surface area contributed by atoms with Gasteiger partial charge in [-0.05, 0) is 31.6 Å². The summed E-state index contributed by atoms with van der Waals surface area (Å²) in [5.41, 5.74) is 0.905. The Labute approximate surface area is 127 Å². The average molecular weight is 340 g/mol. The number of rotatable bonds is 6. The second-order valence-electron chi connectivity index (χ2n) is 4.62. The predicted molar refractivity (Wildman–Crippen MR) is 82.3 cm³/mol. The van der Waals surface area contributed by atoms with Crippen LogP contribution in [0.4, 0.5) is 0 Å². The van der Waals surface area contributed by atoms with E-state index in [1.807, 2.05) is 38.1 Å². The quantitative estimate of drug-likeness (QED) is 0.810. The van der Waals surface area contributed by atoms with Gasteiger partial charge in [0.15, 0.2) is 0 Å². The molecule has 1 rings (SSSR count). The van der Waals surface area contributed by atoms with E-state index in [2.05, 4.69) is 15.9 Å². The summed E-state index contributed by atoms with van der Waals surface area (Å²) in [6.45, 7) is 3.95. The van der Waals surface area contributed by atoms with Crippen LogP contribution in [-0.4, -0.2) is 34.5 Å². The predicted octanol–water partition coefficient (Wildman–Crippen LogP) is 3.17. The Bertz CT molecular complexity index is 512. The lowest BCUT2D eigenvalue weighted by Gasteiger charge is -2.24. The van der Waals surface area contributed by atoms with E-state index < -0.39 is 5.97 Å². The molecule has 1 amide bonds. The summed E-state index contributed by atoms with van der Waals surface area (Å²) >= 11 is 3.41. The third-order valence-corrected chi connectivity index (χ3v) is 3.51. The molecular weight excluding hydrogens is 322 g/mol. The number of carbonyl (C=O) groups is 2. The molecule has 0 bridgehead atoms. The van der Waals surface area contributed by atoms with Crippen molar-refractivity contribution in [3.63, 3.8) is 0 Å². The van der Waals surface area contributed by atoms with Crippen LogP contribution < -0.4 is 0 Å². The Kier molecular flexibility index (Phi) is 6.45. The molecule has 0 fully saturated rings. The highest BCUT2D eigenvalue weighted by atomic mass is 79.9. The van der Waals surface area contributed by atoms with Gasteiger partial charge in [-0.2, -0.15) is 0 Å². The summed E-state index contributed by atoms with van der Waals surface area (Å²) < 4.78 is 0.908. The van der Waals surface area contributed by atoms with Gasteiger partial charge in [-0.1, -0.05) is 34.1 Å². The van der Waals surface area contributed by atoms with Gasteiger partial charge in [0.2, 0.25) is 5.91 Å². The van der Waals surface area contributed by atoms with E-state index in [9.17, 15) is 9.59 Å². The molecule has 0 saturated carbocycles. The number of hydrogen-bond acceptors (Lipinski definition) is 2. The number of nitrogens with zero attached hydrogens (tertiary/aromatic N) is 1. The van der Waals surface area contributed by atoms with Crippen LogP contribution in [0.1, 0.15) is 25.8 Å². The molecule has 0 aromatic heterocycles. The maximum absolute atomic E-state index is 12.1. The summed E-state index contributed by atoms with van der Waals surface area (Å²) in [4.78, 5) is 24.3. The maximum Gasteiger partial charge on any atom is 0.305 e. The summed E-state index contributed by atoms with van der Waals surface area (Å²) in [6, 6.07) is 7.54. The van der Waals surface area contributed by atoms with E-state index >= 15 is 0 Å². The van der Waals surface area contributed by atoms with E-state index in [1.54, 1.807) is 11.0 Å². The molecule has 108 valence electrons. The summed E-state index contributed by atoms with van der Waals surface area (Å²) in [5.74, 6) is -1.09. The van der Waals surface area contributed by atoms with Gasteiger partial charge in [0.05, 0.1) is 6.42 Å². The van der Waals surface area contributed by atoms with Crippen LogP contribution in [0.15, 0.2) is 34.8 Å². The summed E-state index contributed by atoms with van der Waals surface area (Å²) in [7, 11) is 0. The average Bonchev–Trinajstić information content (AvgIpc) is 2.37. The van der Waals surface area contributed by atoms with Crippen LogP contribution >= 0.6 is 15.9 Å². The van der Waals surface area contributed by atoms with Gasteiger partial charge in [-0.25, -0.2) is 0 Å². The number of halogens is 1. The van der Waals surface area contributed by atoms with Crippen molar-refractivity contribution in [3.05, 3.63) is 40.4 Å². The standard InChI is InChI=1S/C15H18BrNO3/c1-11(2)17(10-9-15(19)20)14(18)8-7-12-5-3-4-6-13(12)16/h3-8,11H,9-10H2,1-2H3,(H,19,20)/b8-7+. The zero-order valence-corrected chi connectivity index (χ0v) is 13.1. The van der Waals surface area contributed by atoms with Gasteiger partial charge in [0.25, 0.3) is 0 Å². The van der Waals surface area contributed by atoms with Crippen molar-refractivity contribution in [1.29, 1.82) is 0 Å². The second kappa shape index (κ2) is 7.85. The van der Waals surface area contributed by atoms with Gasteiger partial charge in [0, 0.05) is 23.1 Å². The fraction of sp³-hybridized carbons (Fsp3) is 0.333. The lowest BCUT2D eigenvalue weighted by Crippen LogP contribution is -2.37. The van der Waals surface area contributed by atoms with Crippen molar-refractivity contribution in [3.8, 4) is 0 Å². The SMILES string of the molecule is CC(C)N(CCC(=O)O)C(=O)/C=C/c1ccccc1Br. The number of carboxylic acid groups (broad SMARTS) is 1. The highest BCUT2D eigenvalue weighted by molar-refractivity contribution is 9.10. The van der Waals surface area contributed by atoms with Crippen molar-refractivity contribution < 1.29 is 14.7 Å². The van der Waals surface area contributed by atoms with Crippen molar-refractivity contribution in [2.45, 2.75) is 26.3 Å². The minimum absolute atomic E-state index is 0.0364. The minimum atomic E-state index is -0.904. The highest BCUT2D eigenvalue weighted by Crippen LogP contribution is 2.17. The highest BCUT2D eigenvalue weighted by Gasteiger charge is 2.15. The smallest absolute Gasteiger partial charge is 0.305 e. The van der Waals surface area contributed by atoms with Crippen LogP contribution in [0.25, 0.3) is 6.08 Å². The fourth-order valence-corrected chi connectivity index (χ4v) is 2.12. The van der Waals surface area contributed by atoms with Gasteiger partial charge < -0.3 is 10.0 Å². The third kappa shape index (κ3) is 5.17. The van der Waals surface area contributed by atoms with Crippen molar-refractivity contribution in [1.82, 2.24) is 4.90 Å². The van der Waals surface area contributed by atoms with E-state index in [-0.39, 0.29) is 24.9 Å². The normalized spacial score (nSPS) is 11.0. The van der Waals surface area contributed by atoms with Crippen LogP contribution in [0.5, 0.6) is 0 Å². The Morgan fingerprint density at radius 3 is 2.55 bits per heavy atom. The number of aliphatic carboxylic acids is 1. The van der Waals surface area contributed by atoms with Crippen LogP contribution in [0, 0.1) is 0 Å². The largest absolute Gasteiger partial charge is 0.481 e. The number of benzene rings is 1. The molecule has 0 spiro atoms. The molecular formula is C15H18BrNO3. The maximum atomic E-state index is 12.1. The minimum Gasteiger partial charge on any atom is -0.481 e. The van der Waals surface area contributed by atoms with Crippen molar-refractivity contribution in [2.75, 3.05) is 6.54 Å². The molecule has 1 N–H and O–H groups in total. The van der Waals surface area contributed by atoms with E-state index in [4.69, 9.17) is 5.11 Å². The number of carbonyl (C=O) groups excluding carboxylic acids is 1. The van der Waals surface area contributed by atoms with Gasteiger partial charge in [-0.15, -0.1) is 0 Å². The summed E-state index contributed by atoms with van der Waals surface area (Å²) in [5, 5.41) is 8.71. The van der Waals surface area contributed by atoms with Gasteiger partial charge in [0.1, 0.15) is 0 Å². The Morgan fingerprint density at radius 2 is 2.00 bits per heavy atom. The molecule has 0 unspecified atom stereocenters. The molecule has 5 heteroatoms. The first kappa shape index (κ1) is 16.4. The number of carboxylic acids is 1. The Morgan fingerprint density at radius 1 is 1.35 bits per heavy atom. The zero-order valence-electron chi connectivity index (χ0n) is 11.5. The Hall–Kier alpha value is -1.62. The molecule has 0 radical (unpaired) electrons.